The van der Waals surface area contributed by atoms with Crippen LogP contribution in [-0.2, 0) is 21.0 Å². The van der Waals surface area contributed by atoms with E-state index >= 15 is 0 Å². The van der Waals surface area contributed by atoms with Crippen molar-refractivity contribution >= 4 is 39.2 Å². The first-order chi connectivity index (χ1) is 18.9. The van der Waals surface area contributed by atoms with Gasteiger partial charge in [0, 0.05) is 36.9 Å². The van der Waals surface area contributed by atoms with Crippen LogP contribution in [0.1, 0.15) is 44.6 Å². The number of piperidine rings is 1. The number of halogens is 4. The number of carbonyl (C=O) groups excluding carboxylic acids is 2. The van der Waals surface area contributed by atoms with E-state index in [0.717, 1.165) is 29.8 Å². The van der Waals surface area contributed by atoms with E-state index in [1.54, 1.807) is 6.92 Å². The molecule has 1 saturated carbocycles. The van der Waals surface area contributed by atoms with Gasteiger partial charge in [-0.2, -0.15) is 13.2 Å². The summed E-state index contributed by atoms with van der Waals surface area (Å²) in [5, 5.41) is 5.94. The number of anilines is 1. The Bertz CT molecular complexity index is 1320. The van der Waals surface area contributed by atoms with Crippen LogP contribution in [0.2, 0.25) is 5.02 Å². The summed E-state index contributed by atoms with van der Waals surface area (Å²) >= 11 is 5.92. The number of hydrogen-bond acceptors (Lipinski definition) is 5. The minimum Gasteiger partial charge on any atom is -0.341 e. The Hall–Kier alpha value is -3.06. The van der Waals surface area contributed by atoms with E-state index in [-0.39, 0.29) is 46.6 Å². The lowest BCUT2D eigenvalue weighted by atomic mass is 9.97. The van der Waals surface area contributed by atoms with E-state index in [4.69, 9.17) is 11.6 Å². The quantitative estimate of drug-likeness (QED) is 0.442. The second kappa shape index (κ2) is 12.2. The fourth-order valence-corrected chi connectivity index (χ4v) is 6.48. The number of pyridine rings is 1. The predicted molar refractivity (Wildman–Crippen MR) is 143 cm³/mol. The average Bonchev–Trinajstić information content (AvgIpc) is 3.74. The van der Waals surface area contributed by atoms with Gasteiger partial charge in [0.2, 0.25) is 5.91 Å². The van der Waals surface area contributed by atoms with Gasteiger partial charge in [0.15, 0.2) is 0 Å². The third-order valence-corrected chi connectivity index (χ3v) is 9.03. The van der Waals surface area contributed by atoms with Crippen molar-refractivity contribution < 1.29 is 31.2 Å². The maximum Gasteiger partial charge on any atom is 0.417 e. The Kier molecular flexibility index (Phi) is 9.13. The number of alkyl halides is 3. The van der Waals surface area contributed by atoms with Gasteiger partial charge in [-0.3, -0.25) is 14.1 Å². The maximum atomic E-state index is 13.9. The highest BCUT2D eigenvalue weighted by Gasteiger charge is 2.40. The lowest BCUT2D eigenvalue weighted by Crippen LogP contribution is -2.54. The number of rotatable bonds is 9. The molecule has 14 heteroatoms. The Balaban J connectivity index is 1.62. The van der Waals surface area contributed by atoms with Crippen molar-refractivity contribution in [3.63, 3.8) is 0 Å². The van der Waals surface area contributed by atoms with Gasteiger partial charge in [-0.05, 0) is 68.4 Å². The van der Waals surface area contributed by atoms with Gasteiger partial charge in [-0.15, -0.1) is 0 Å². The van der Waals surface area contributed by atoms with Crippen LogP contribution in [0.4, 0.5) is 23.7 Å². The number of benzene rings is 1. The van der Waals surface area contributed by atoms with Crippen molar-refractivity contribution in [2.75, 3.05) is 23.9 Å². The minimum absolute atomic E-state index is 0.00882. The first-order valence-electron chi connectivity index (χ1n) is 13.1. The Morgan fingerprint density at radius 2 is 1.88 bits per heavy atom. The molecule has 2 fully saturated rings. The summed E-state index contributed by atoms with van der Waals surface area (Å²) in [5.74, 6) is -0.596. The van der Waals surface area contributed by atoms with Gasteiger partial charge in [0.25, 0.3) is 10.0 Å². The number of sulfonamides is 1. The summed E-state index contributed by atoms with van der Waals surface area (Å²) in [6.45, 7) is 2.56. The molecule has 2 aromatic rings. The number of likely N-dealkylation sites (tertiary alicyclic amines) is 1. The molecule has 40 heavy (non-hydrogen) atoms. The molecule has 1 saturated heterocycles. The lowest BCUT2D eigenvalue weighted by molar-refractivity contribution is -0.137. The zero-order valence-electron chi connectivity index (χ0n) is 21.8. The molecule has 3 amide bonds. The number of aromatic nitrogens is 1. The fraction of sp³-hybridized carbons (Fsp3) is 0.500. The number of hydrogen-bond donors (Lipinski definition) is 2. The standard InChI is InChI=1S/C26H31ClF3N5O4S/c1-2-23(24(36)34-11-3-4-17(16-34)13-32-25(37)33-20-7-8-20)35(21-12-18(14-31-15-21)26(28,29)30)40(38,39)22-9-5-19(27)6-10-22/h5-6,9-10,12,14-15,17,20,23H,2-4,7-8,11,13,16H2,1H3,(H2,32,33,37)/t17-,23+/m0/s1. The largest absolute Gasteiger partial charge is 0.417 e. The smallest absolute Gasteiger partial charge is 0.341 e. The molecule has 1 aromatic carbocycles. The summed E-state index contributed by atoms with van der Waals surface area (Å²) in [7, 11) is -4.51. The highest BCUT2D eigenvalue weighted by atomic mass is 35.5. The molecule has 2 atom stereocenters. The van der Waals surface area contributed by atoms with Gasteiger partial charge in [-0.25, -0.2) is 13.2 Å². The molecule has 2 heterocycles. The first kappa shape index (κ1) is 29.9. The molecular formula is C26H31ClF3N5O4S. The van der Waals surface area contributed by atoms with Crippen molar-refractivity contribution in [2.45, 2.75) is 62.2 Å². The molecule has 1 aliphatic heterocycles. The number of carbonyl (C=O) groups is 2. The van der Waals surface area contributed by atoms with Crippen LogP contribution in [-0.4, -0.2) is 62.0 Å². The summed E-state index contributed by atoms with van der Waals surface area (Å²) in [4.78, 5) is 30.8. The van der Waals surface area contributed by atoms with Gasteiger partial charge in [0.05, 0.1) is 22.3 Å². The van der Waals surface area contributed by atoms with Crippen molar-refractivity contribution in [3.05, 3.63) is 53.3 Å². The second-order valence-electron chi connectivity index (χ2n) is 10.0. The van der Waals surface area contributed by atoms with E-state index < -0.39 is 33.7 Å². The molecule has 218 valence electrons. The SMILES string of the molecule is CC[C@H](C(=O)N1CCC[C@@H](CNC(=O)NC2CC2)C1)N(c1cncc(C(F)(F)F)c1)S(=O)(=O)c1ccc(Cl)cc1. The number of urea groups is 1. The highest BCUT2D eigenvalue weighted by molar-refractivity contribution is 7.93. The van der Waals surface area contributed by atoms with Crippen molar-refractivity contribution in [1.29, 1.82) is 0 Å². The average molecular weight is 602 g/mol. The molecule has 0 radical (unpaired) electrons. The molecule has 2 aliphatic rings. The summed E-state index contributed by atoms with van der Waals surface area (Å²) in [6, 6.07) is 4.44. The summed E-state index contributed by atoms with van der Waals surface area (Å²) in [5.41, 5.74) is -1.52. The molecule has 0 unspecified atom stereocenters. The van der Waals surface area contributed by atoms with Gasteiger partial charge in [0.1, 0.15) is 6.04 Å². The Morgan fingerprint density at radius 1 is 1.18 bits per heavy atom. The second-order valence-corrected chi connectivity index (χ2v) is 12.3. The van der Waals surface area contributed by atoms with Crippen LogP contribution in [0.25, 0.3) is 0 Å². The van der Waals surface area contributed by atoms with E-state index in [9.17, 15) is 31.2 Å². The molecule has 2 N–H and O–H groups in total. The molecule has 1 aromatic heterocycles. The zero-order valence-corrected chi connectivity index (χ0v) is 23.4. The molecule has 4 rings (SSSR count). The molecule has 9 nitrogen and oxygen atoms in total. The third-order valence-electron chi connectivity index (χ3n) is 6.93. The molecule has 0 bridgehead atoms. The number of nitrogens with one attached hydrogen (secondary N) is 2. The first-order valence-corrected chi connectivity index (χ1v) is 14.9. The predicted octanol–water partition coefficient (Wildman–Crippen LogP) is 4.43. The van der Waals surface area contributed by atoms with E-state index in [1.165, 1.54) is 29.2 Å². The minimum atomic E-state index is -4.77. The van der Waals surface area contributed by atoms with Crippen LogP contribution < -0.4 is 14.9 Å². The fourth-order valence-electron chi connectivity index (χ4n) is 4.69. The summed E-state index contributed by atoms with van der Waals surface area (Å²) < 4.78 is 69.1. The molecular weight excluding hydrogens is 571 g/mol. The van der Waals surface area contributed by atoms with E-state index in [2.05, 4.69) is 15.6 Å². The van der Waals surface area contributed by atoms with Crippen LogP contribution >= 0.6 is 11.6 Å². The van der Waals surface area contributed by atoms with Gasteiger partial charge >= 0.3 is 12.2 Å². The van der Waals surface area contributed by atoms with Crippen molar-refractivity contribution in [2.24, 2.45) is 5.92 Å². The zero-order chi connectivity index (χ0) is 29.1. The van der Waals surface area contributed by atoms with Crippen LogP contribution in [0.15, 0.2) is 47.6 Å². The van der Waals surface area contributed by atoms with Gasteiger partial charge in [-0.1, -0.05) is 18.5 Å². The normalized spacial score (nSPS) is 18.6. The Morgan fingerprint density at radius 3 is 2.50 bits per heavy atom. The number of amides is 3. The highest BCUT2D eigenvalue weighted by Crippen LogP contribution is 2.34. The Labute approximate surface area is 236 Å². The van der Waals surface area contributed by atoms with Crippen molar-refractivity contribution in [3.8, 4) is 0 Å². The topological polar surface area (TPSA) is 112 Å². The molecule has 0 spiro atoms. The van der Waals surface area contributed by atoms with Crippen LogP contribution in [0.5, 0.6) is 0 Å². The van der Waals surface area contributed by atoms with E-state index in [0.29, 0.717) is 31.8 Å². The monoisotopic (exact) mass is 601 g/mol. The summed E-state index contributed by atoms with van der Waals surface area (Å²) in [6.07, 6.45) is 0.112. The number of nitrogens with zero attached hydrogens (tertiary/aromatic N) is 3. The third kappa shape index (κ3) is 7.17. The van der Waals surface area contributed by atoms with E-state index in [1.807, 2.05) is 0 Å². The lowest BCUT2D eigenvalue weighted by Gasteiger charge is -2.38. The van der Waals surface area contributed by atoms with Crippen molar-refractivity contribution in [1.82, 2.24) is 20.5 Å². The van der Waals surface area contributed by atoms with Crippen LogP contribution in [0, 0.1) is 5.92 Å². The maximum absolute atomic E-state index is 13.9. The van der Waals surface area contributed by atoms with Gasteiger partial charge < -0.3 is 15.5 Å². The van der Waals surface area contributed by atoms with Crippen LogP contribution in [0.3, 0.4) is 0 Å². The molecule has 1 aliphatic carbocycles.